The molecule has 0 saturated heterocycles. The highest BCUT2D eigenvalue weighted by Gasteiger charge is 2.23. The second-order valence-corrected chi connectivity index (χ2v) is 7.34. The Labute approximate surface area is 184 Å². The maximum absolute atomic E-state index is 12.8. The first-order valence-electron chi connectivity index (χ1n) is 9.99. The summed E-state index contributed by atoms with van der Waals surface area (Å²) in [6.45, 7) is 1.96. The van der Waals surface area contributed by atoms with Gasteiger partial charge in [-0.15, -0.1) is 0 Å². The van der Waals surface area contributed by atoms with Gasteiger partial charge < -0.3 is 9.84 Å². The van der Waals surface area contributed by atoms with Crippen molar-refractivity contribution in [3.63, 3.8) is 0 Å². The summed E-state index contributed by atoms with van der Waals surface area (Å²) in [6, 6.07) is 22.3. The lowest BCUT2D eigenvalue weighted by molar-refractivity contribution is -0.384. The molecule has 8 heteroatoms. The molecule has 8 nitrogen and oxygen atoms in total. The summed E-state index contributed by atoms with van der Waals surface area (Å²) in [5.41, 5.74) is 3.14. The largest absolute Gasteiger partial charge is 0.340 e. The van der Waals surface area contributed by atoms with Gasteiger partial charge in [0.05, 0.1) is 4.92 Å². The van der Waals surface area contributed by atoms with Crippen LogP contribution in [0.2, 0.25) is 0 Å². The van der Waals surface area contributed by atoms with Crippen LogP contribution in [0.5, 0.6) is 0 Å². The highest BCUT2D eigenvalue weighted by atomic mass is 16.6. The third kappa shape index (κ3) is 4.86. The van der Waals surface area contributed by atoms with Crippen molar-refractivity contribution in [3.8, 4) is 11.4 Å². The van der Waals surface area contributed by atoms with Gasteiger partial charge >= 0.3 is 0 Å². The highest BCUT2D eigenvalue weighted by molar-refractivity contribution is 5.94. The van der Waals surface area contributed by atoms with Gasteiger partial charge in [0, 0.05) is 29.7 Å². The summed E-state index contributed by atoms with van der Waals surface area (Å²) in [7, 11) is 0. The van der Waals surface area contributed by atoms with Gasteiger partial charge in [0.1, 0.15) is 6.04 Å². The third-order valence-corrected chi connectivity index (χ3v) is 4.98. The van der Waals surface area contributed by atoms with Gasteiger partial charge in [0.25, 0.3) is 11.6 Å². The van der Waals surface area contributed by atoms with Crippen LogP contribution >= 0.6 is 0 Å². The average molecular weight is 428 g/mol. The molecular weight excluding hydrogens is 408 g/mol. The molecule has 0 fully saturated rings. The standard InChI is InChI=1S/C24H20N4O4/c1-16-7-9-19(10-8-16)23(29)25-21(15-17-5-3-2-4-6-17)24-26-22(27-32-24)18-11-13-20(14-12-18)28(30)31/h2-14,21H,15H2,1H3,(H,25,29)/t21-/m0/s1. The molecule has 1 aromatic heterocycles. The van der Waals surface area contributed by atoms with Gasteiger partial charge in [-0.3, -0.25) is 14.9 Å². The van der Waals surface area contributed by atoms with Gasteiger partial charge in [0.15, 0.2) is 0 Å². The first-order chi connectivity index (χ1) is 15.5. The van der Waals surface area contributed by atoms with Crippen molar-refractivity contribution in [2.24, 2.45) is 0 Å². The minimum Gasteiger partial charge on any atom is -0.340 e. The summed E-state index contributed by atoms with van der Waals surface area (Å²) in [6.07, 6.45) is 0.459. The van der Waals surface area contributed by atoms with Crippen molar-refractivity contribution >= 4 is 11.6 Å². The first kappa shape index (κ1) is 20.9. The lowest BCUT2D eigenvalue weighted by atomic mass is 10.0. The third-order valence-electron chi connectivity index (χ3n) is 4.98. The number of aryl methyl sites for hydroxylation is 1. The Morgan fingerprint density at radius 1 is 1.03 bits per heavy atom. The Balaban J connectivity index is 1.60. The molecule has 0 aliphatic carbocycles. The van der Waals surface area contributed by atoms with Crippen molar-refractivity contribution in [2.75, 3.05) is 0 Å². The lowest BCUT2D eigenvalue weighted by Gasteiger charge is -2.15. The number of non-ortho nitro benzene ring substituents is 1. The summed E-state index contributed by atoms with van der Waals surface area (Å²) >= 11 is 0. The van der Waals surface area contributed by atoms with E-state index in [4.69, 9.17) is 4.52 Å². The zero-order valence-corrected chi connectivity index (χ0v) is 17.3. The van der Waals surface area contributed by atoms with Crippen LogP contribution < -0.4 is 5.32 Å². The lowest BCUT2D eigenvalue weighted by Crippen LogP contribution is -2.30. The SMILES string of the molecule is Cc1ccc(C(=O)N[C@@H](Cc2ccccc2)c2nc(-c3ccc([N+](=O)[O-])cc3)no2)cc1. The van der Waals surface area contributed by atoms with Gasteiger partial charge in [-0.25, -0.2) is 0 Å². The van der Waals surface area contributed by atoms with Crippen LogP contribution in [-0.4, -0.2) is 21.0 Å². The van der Waals surface area contributed by atoms with E-state index in [9.17, 15) is 14.9 Å². The summed E-state index contributed by atoms with van der Waals surface area (Å²) < 4.78 is 5.48. The fraction of sp³-hybridized carbons (Fsp3) is 0.125. The fourth-order valence-electron chi connectivity index (χ4n) is 3.22. The van der Waals surface area contributed by atoms with Gasteiger partial charge in [-0.1, -0.05) is 53.2 Å². The number of benzene rings is 3. The maximum atomic E-state index is 12.8. The van der Waals surface area contributed by atoms with Crippen LogP contribution in [0.3, 0.4) is 0 Å². The van der Waals surface area contributed by atoms with Crippen molar-refractivity contribution in [3.05, 3.63) is 112 Å². The van der Waals surface area contributed by atoms with E-state index in [2.05, 4.69) is 15.5 Å². The molecule has 0 saturated carbocycles. The number of rotatable bonds is 7. The molecule has 3 aromatic carbocycles. The zero-order valence-electron chi connectivity index (χ0n) is 17.3. The van der Waals surface area contributed by atoms with E-state index in [1.807, 2.05) is 49.4 Å². The number of aromatic nitrogens is 2. The Hall–Kier alpha value is -4.33. The number of nitro groups is 1. The second-order valence-electron chi connectivity index (χ2n) is 7.34. The number of nitrogens with zero attached hydrogens (tertiary/aromatic N) is 3. The zero-order chi connectivity index (χ0) is 22.5. The van der Waals surface area contributed by atoms with E-state index in [1.165, 1.54) is 12.1 Å². The van der Waals surface area contributed by atoms with Crippen LogP contribution in [0, 0.1) is 17.0 Å². The molecule has 4 rings (SSSR count). The average Bonchev–Trinajstić information content (AvgIpc) is 3.30. The molecule has 4 aromatic rings. The van der Waals surface area contributed by atoms with E-state index in [-0.39, 0.29) is 23.3 Å². The van der Waals surface area contributed by atoms with Crippen LogP contribution in [-0.2, 0) is 6.42 Å². The first-order valence-corrected chi connectivity index (χ1v) is 9.99. The molecule has 0 radical (unpaired) electrons. The molecule has 0 spiro atoms. The van der Waals surface area contributed by atoms with Crippen molar-refractivity contribution in [2.45, 2.75) is 19.4 Å². The van der Waals surface area contributed by atoms with Crippen molar-refractivity contribution in [1.29, 1.82) is 0 Å². The van der Waals surface area contributed by atoms with Gasteiger partial charge in [0.2, 0.25) is 11.7 Å². The smallest absolute Gasteiger partial charge is 0.269 e. The number of amides is 1. The Morgan fingerprint density at radius 2 is 1.72 bits per heavy atom. The number of carbonyl (C=O) groups excluding carboxylic acids is 1. The molecule has 0 aliphatic heterocycles. The normalized spacial score (nSPS) is 11.7. The number of hydrogen-bond donors (Lipinski definition) is 1. The molecule has 32 heavy (non-hydrogen) atoms. The summed E-state index contributed by atoms with van der Waals surface area (Å²) in [4.78, 5) is 27.7. The Morgan fingerprint density at radius 3 is 2.38 bits per heavy atom. The molecule has 0 unspecified atom stereocenters. The predicted molar refractivity (Wildman–Crippen MR) is 118 cm³/mol. The quantitative estimate of drug-likeness (QED) is 0.338. The van der Waals surface area contributed by atoms with Crippen molar-refractivity contribution in [1.82, 2.24) is 15.5 Å². The predicted octanol–water partition coefficient (Wildman–Crippen LogP) is 4.67. The molecule has 0 bridgehead atoms. The fourth-order valence-corrected chi connectivity index (χ4v) is 3.22. The van der Waals surface area contributed by atoms with Gasteiger partial charge in [-0.05, 0) is 36.8 Å². The van der Waals surface area contributed by atoms with Crippen molar-refractivity contribution < 1.29 is 14.2 Å². The maximum Gasteiger partial charge on any atom is 0.269 e. The number of carbonyl (C=O) groups is 1. The van der Waals surface area contributed by atoms with E-state index >= 15 is 0 Å². The van der Waals surface area contributed by atoms with E-state index < -0.39 is 11.0 Å². The molecule has 1 heterocycles. The molecule has 1 atom stereocenters. The molecule has 160 valence electrons. The van der Waals surface area contributed by atoms with E-state index in [0.29, 0.717) is 17.5 Å². The highest BCUT2D eigenvalue weighted by Crippen LogP contribution is 2.24. The number of nitro benzene ring substituents is 1. The molecular formula is C24H20N4O4. The summed E-state index contributed by atoms with van der Waals surface area (Å²) in [5.74, 6) is 0.293. The van der Waals surface area contributed by atoms with Gasteiger partial charge in [-0.2, -0.15) is 4.98 Å². The molecule has 0 aliphatic rings. The molecule has 1 amide bonds. The molecule has 1 N–H and O–H groups in total. The monoisotopic (exact) mass is 428 g/mol. The van der Waals surface area contributed by atoms with Crippen LogP contribution in [0.25, 0.3) is 11.4 Å². The van der Waals surface area contributed by atoms with E-state index in [1.54, 1.807) is 24.3 Å². The Kier molecular flexibility index (Phi) is 6.03. The second kappa shape index (κ2) is 9.22. The summed E-state index contributed by atoms with van der Waals surface area (Å²) in [5, 5.41) is 17.9. The minimum absolute atomic E-state index is 0.0233. The number of hydrogen-bond acceptors (Lipinski definition) is 6. The minimum atomic E-state index is -0.550. The Bertz CT molecular complexity index is 1220. The van der Waals surface area contributed by atoms with E-state index in [0.717, 1.165) is 11.1 Å². The van der Waals surface area contributed by atoms with Crippen LogP contribution in [0.4, 0.5) is 5.69 Å². The topological polar surface area (TPSA) is 111 Å². The van der Waals surface area contributed by atoms with Crippen LogP contribution in [0.1, 0.15) is 33.4 Å². The van der Waals surface area contributed by atoms with Crippen LogP contribution in [0.15, 0.2) is 83.4 Å². The number of nitrogens with one attached hydrogen (secondary N) is 1.